The summed E-state index contributed by atoms with van der Waals surface area (Å²) in [4.78, 5) is 22.3. The second kappa shape index (κ2) is 9.24. The van der Waals surface area contributed by atoms with Gasteiger partial charge in [-0.1, -0.05) is 26.0 Å². The Labute approximate surface area is 160 Å². The number of hydrogen-bond donors (Lipinski definition) is 0. The lowest BCUT2D eigenvalue weighted by atomic mass is 10.1. The number of hydrogen-bond acceptors (Lipinski definition) is 4. The predicted octanol–water partition coefficient (Wildman–Crippen LogP) is 2.77. The first kappa shape index (κ1) is 19.0. The number of thioether (sulfide) groups is 1. The second-order valence-electron chi connectivity index (χ2n) is 7.01. The minimum atomic E-state index is 0.239. The summed E-state index contributed by atoms with van der Waals surface area (Å²) < 4.78 is 2.10. The van der Waals surface area contributed by atoms with Gasteiger partial charge in [-0.25, -0.2) is 4.98 Å². The van der Waals surface area contributed by atoms with Crippen molar-refractivity contribution < 1.29 is 4.79 Å². The number of piperazine rings is 1. The van der Waals surface area contributed by atoms with Gasteiger partial charge in [0.2, 0.25) is 5.91 Å². The summed E-state index contributed by atoms with van der Waals surface area (Å²) in [5.74, 6) is 0.239. The van der Waals surface area contributed by atoms with Gasteiger partial charge in [-0.3, -0.25) is 9.69 Å². The molecular weight excluding hydrogens is 344 g/mol. The normalized spacial score (nSPS) is 15.6. The maximum atomic E-state index is 12.6. The number of imidazole rings is 1. The Morgan fingerprint density at radius 1 is 1.12 bits per heavy atom. The van der Waals surface area contributed by atoms with E-state index in [0.717, 1.165) is 44.8 Å². The molecule has 2 heterocycles. The molecule has 5 nitrogen and oxygen atoms in total. The van der Waals surface area contributed by atoms with Gasteiger partial charge in [0.05, 0.1) is 12.7 Å². The van der Waals surface area contributed by atoms with E-state index in [9.17, 15) is 4.79 Å². The molecule has 0 bridgehead atoms. The van der Waals surface area contributed by atoms with Crippen molar-refractivity contribution >= 4 is 17.7 Å². The van der Waals surface area contributed by atoms with Crippen LogP contribution in [0.25, 0.3) is 0 Å². The lowest BCUT2D eigenvalue weighted by molar-refractivity contribution is -0.132. The van der Waals surface area contributed by atoms with Gasteiger partial charge in [0, 0.05) is 61.8 Å². The van der Waals surface area contributed by atoms with Crippen molar-refractivity contribution in [2.45, 2.75) is 37.0 Å². The van der Waals surface area contributed by atoms with Crippen LogP contribution in [-0.2, 0) is 17.8 Å². The summed E-state index contributed by atoms with van der Waals surface area (Å²) in [6, 6.07) is 8.43. The van der Waals surface area contributed by atoms with Crippen molar-refractivity contribution in [3.8, 4) is 0 Å². The fourth-order valence-electron chi connectivity index (χ4n) is 3.14. The average molecular weight is 373 g/mol. The summed E-state index contributed by atoms with van der Waals surface area (Å²) in [5.41, 5.74) is 1.10. The Hall–Kier alpha value is -1.79. The summed E-state index contributed by atoms with van der Waals surface area (Å²) in [7, 11) is 0. The van der Waals surface area contributed by atoms with Gasteiger partial charge in [-0.2, -0.15) is 0 Å². The fraction of sp³-hybridized carbons (Fsp3) is 0.500. The fourth-order valence-corrected chi connectivity index (χ4v) is 3.98. The van der Waals surface area contributed by atoms with Crippen LogP contribution in [-0.4, -0.2) is 63.2 Å². The van der Waals surface area contributed by atoms with Gasteiger partial charge in [-0.05, 0) is 17.7 Å². The SMILES string of the molecule is CC(C)Sc1ccc(CC(=O)N2CCN(CCn3ccnc3)CC2)cc1. The molecule has 1 saturated heterocycles. The summed E-state index contributed by atoms with van der Waals surface area (Å²) in [6.07, 6.45) is 6.15. The van der Waals surface area contributed by atoms with Crippen molar-refractivity contribution in [2.24, 2.45) is 0 Å². The van der Waals surface area contributed by atoms with E-state index >= 15 is 0 Å². The third-order valence-corrected chi connectivity index (χ3v) is 5.62. The molecule has 2 aromatic rings. The van der Waals surface area contributed by atoms with Crippen LogP contribution in [0, 0.1) is 0 Å². The van der Waals surface area contributed by atoms with E-state index in [1.807, 2.05) is 35.4 Å². The molecule has 0 N–H and O–H groups in total. The predicted molar refractivity (Wildman–Crippen MR) is 106 cm³/mol. The number of carbonyl (C=O) groups is 1. The van der Waals surface area contributed by atoms with E-state index in [1.54, 1.807) is 0 Å². The van der Waals surface area contributed by atoms with Gasteiger partial charge >= 0.3 is 0 Å². The molecule has 1 aliphatic rings. The van der Waals surface area contributed by atoms with E-state index < -0.39 is 0 Å². The molecule has 3 rings (SSSR count). The standard InChI is InChI=1S/C20H28N4OS/c1-17(2)26-19-5-3-18(4-6-19)15-20(25)24-13-11-22(12-14-24)9-10-23-8-7-21-16-23/h3-8,16-17H,9-15H2,1-2H3. The molecule has 0 atom stereocenters. The minimum absolute atomic E-state index is 0.239. The molecule has 1 aliphatic heterocycles. The lowest BCUT2D eigenvalue weighted by Crippen LogP contribution is -2.49. The summed E-state index contributed by atoms with van der Waals surface area (Å²) >= 11 is 1.85. The van der Waals surface area contributed by atoms with E-state index in [4.69, 9.17) is 0 Å². The van der Waals surface area contributed by atoms with Crippen LogP contribution in [0.4, 0.5) is 0 Å². The summed E-state index contributed by atoms with van der Waals surface area (Å²) in [6.45, 7) is 9.89. The smallest absolute Gasteiger partial charge is 0.227 e. The van der Waals surface area contributed by atoms with Crippen LogP contribution in [0.3, 0.4) is 0 Å². The molecule has 140 valence electrons. The van der Waals surface area contributed by atoms with Crippen molar-refractivity contribution in [1.29, 1.82) is 0 Å². The zero-order chi connectivity index (χ0) is 18.4. The number of amides is 1. The number of rotatable bonds is 7. The molecular formula is C20H28N4OS. The molecule has 1 amide bonds. The van der Waals surface area contributed by atoms with Crippen LogP contribution in [0.2, 0.25) is 0 Å². The quantitative estimate of drug-likeness (QED) is 0.701. The maximum Gasteiger partial charge on any atom is 0.227 e. The number of carbonyl (C=O) groups excluding carboxylic acids is 1. The highest BCUT2D eigenvalue weighted by Gasteiger charge is 2.20. The highest BCUT2D eigenvalue weighted by atomic mass is 32.2. The first-order valence-electron chi connectivity index (χ1n) is 9.31. The molecule has 0 radical (unpaired) electrons. The van der Waals surface area contributed by atoms with Gasteiger partial charge in [-0.15, -0.1) is 11.8 Å². The van der Waals surface area contributed by atoms with E-state index in [1.165, 1.54) is 4.90 Å². The van der Waals surface area contributed by atoms with Crippen molar-refractivity contribution in [3.05, 3.63) is 48.5 Å². The summed E-state index contributed by atoms with van der Waals surface area (Å²) in [5, 5.41) is 0.576. The molecule has 1 aromatic carbocycles. The first-order valence-corrected chi connectivity index (χ1v) is 10.2. The molecule has 0 saturated carbocycles. The Bertz CT molecular complexity index is 676. The highest BCUT2D eigenvalue weighted by Crippen LogP contribution is 2.23. The zero-order valence-corrected chi connectivity index (χ0v) is 16.5. The Balaban J connectivity index is 1.41. The van der Waals surface area contributed by atoms with Gasteiger partial charge in [0.15, 0.2) is 0 Å². The maximum absolute atomic E-state index is 12.6. The van der Waals surface area contributed by atoms with Gasteiger partial charge < -0.3 is 9.47 Å². The molecule has 6 heteroatoms. The third kappa shape index (κ3) is 5.61. The lowest BCUT2D eigenvalue weighted by Gasteiger charge is -2.34. The number of benzene rings is 1. The Morgan fingerprint density at radius 3 is 2.46 bits per heavy atom. The number of nitrogens with zero attached hydrogens (tertiary/aromatic N) is 4. The monoisotopic (exact) mass is 372 g/mol. The van der Waals surface area contributed by atoms with E-state index in [2.05, 4.69) is 52.6 Å². The van der Waals surface area contributed by atoms with Crippen LogP contribution in [0.1, 0.15) is 19.4 Å². The first-order chi connectivity index (χ1) is 12.6. The number of aromatic nitrogens is 2. The zero-order valence-electron chi connectivity index (χ0n) is 15.7. The average Bonchev–Trinajstić information content (AvgIpc) is 3.15. The Morgan fingerprint density at radius 2 is 1.85 bits per heavy atom. The van der Waals surface area contributed by atoms with Gasteiger partial charge in [0.1, 0.15) is 0 Å². The minimum Gasteiger partial charge on any atom is -0.340 e. The van der Waals surface area contributed by atoms with Crippen molar-refractivity contribution in [3.63, 3.8) is 0 Å². The van der Waals surface area contributed by atoms with Crippen LogP contribution >= 0.6 is 11.8 Å². The van der Waals surface area contributed by atoms with Crippen molar-refractivity contribution in [1.82, 2.24) is 19.4 Å². The van der Waals surface area contributed by atoms with E-state index in [-0.39, 0.29) is 5.91 Å². The van der Waals surface area contributed by atoms with E-state index in [0.29, 0.717) is 11.7 Å². The molecule has 1 aromatic heterocycles. The largest absolute Gasteiger partial charge is 0.340 e. The second-order valence-corrected chi connectivity index (χ2v) is 8.66. The highest BCUT2D eigenvalue weighted by molar-refractivity contribution is 7.99. The third-order valence-electron chi connectivity index (χ3n) is 4.61. The van der Waals surface area contributed by atoms with Gasteiger partial charge in [0.25, 0.3) is 0 Å². The molecule has 26 heavy (non-hydrogen) atoms. The van der Waals surface area contributed by atoms with Crippen LogP contribution < -0.4 is 0 Å². The topological polar surface area (TPSA) is 41.4 Å². The molecule has 0 spiro atoms. The van der Waals surface area contributed by atoms with Crippen LogP contribution in [0.15, 0.2) is 47.9 Å². The van der Waals surface area contributed by atoms with Crippen LogP contribution in [0.5, 0.6) is 0 Å². The molecule has 0 unspecified atom stereocenters. The molecule has 0 aliphatic carbocycles. The van der Waals surface area contributed by atoms with Crippen molar-refractivity contribution in [2.75, 3.05) is 32.7 Å². The Kier molecular flexibility index (Phi) is 6.74. The molecule has 1 fully saturated rings.